The Labute approximate surface area is 190 Å². The summed E-state index contributed by atoms with van der Waals surface area (Å²) in [7, 11) is 4.72. The van der Waals surface area contributed by atoms with E-state index >= 15 is 0 Å². The molecule has 9 heteroatoms. The van der Waals surface area contributed by atoms with Crippen LogP contribution in [0.3, 0.4) is 0 Å². The monoisotopic (exact) mass is 459 g/mol. The Morgan fingerprint density at radius 2 is 1.87 bits per heavy atom. The average Bonchev–Trinajstić information content (AvgIpc) is 3.42. The molecule has 1 saturated heterocycles. The summed E-state index contributed by atoms with van der Waals surface area (Å²) in [6.07, 6.45) is 9.04. The number of thiazole rings is 1. The number of aliphatic imine (C=N–C) groups is 1. The largest absolute Gasteiger partial charge is 0.493 e. The lowest BCUT2D eigenvalue weighted by Crippen LogP contribution is -2.40. The standard InChI is InChI=1S/C22H25N3O4S2/c1-27-16-10-9-14(18(28-2)19(16)29-3)13-17-20(26)25(15-7-5-4-6-8-15)22(31-17)24-21-23-11-12-30-21/h9-13,15H,4-8H2,1-3H3/b17-13-,24-22+. The number of amides is 1. The van der Waals surface area contributed by atoms with Crippen LogP contribution >= 0.6 is 23.1 Å². The zero-order valence-electron chi connectivity index (χ0n) is 17.8. The smallest absolute Gasteiger partial charge is 0.267 e. The number of rotatable bonds is 6. The molecule has 1 amide bonds. The third-order valence-electron chi connectivity index (χ3n) is 5.41. The summed E-state index contributed by atoms with van der Waals surface area (Å²) >= 11 is 2.84. The summed E-state index contributed by atoms with van der Waals surface area (Å²) in [5.74, 6) is 1.57. The van der Waals surface area contributed by atoms with Crippen LogP contribution in [0.5, 0.6) is 17.2 Å². The van der Waals surface area contributed by atoms with E-state index in [0.29, 0.717) is 32.5 Å². The molecule has 2 aliphatic rings. The number of carbonyl (C=O) groups is 1. The molecule has 1 saturated carbocycles. The number of ether oxygens (including phenoxy) is 3. The number of nitrogens with zero attached hydrogens (tertiary/aromatic N) is 3. The zero-order valence-corrected chi connectivity index (χ0v) is 19.4. The van der Waals surface area contributed by atoms with Crippen LogP contribution in [0.25, 0.3) is 6.08 Å². The molecule has 2 heterocycles. The van der Waals surface area contributed by atoms with Crippen molar-refractivity contribution >= 4 is 45.4 Å². The fraction of sp³-hybridized carbons (Fsp3) is 0.409. The molecule has 2 aromatic rings. The van der Waals surface area contributed by atoms with E-state index in [9.17, 15) is 4.79 Å². The Morgan fingerprint density at radius 1 is 1.10 bits per heavy atom. The van der Waals surface area contributed by atoms with E-state index in [1.54, 1.807) is 33.6 Å². The predicted molar refractivity (Wildman–Crippen MR) is 125 cm³/mol. The van der Waals surface area contributed by atoms with Crippen molar-refractivity contribution in [2.75, 3.05) is 21.3 Å². The first-order chi connectivity index (χ1) is 15.2. The third-order valence-corrected chi connectivity index (χ3v) is 7.06. The topological polar surface area (TPSA) is 73.3 Å². The number of hydrogen-bond acceptors (Lipinski definition) is 8. The van der Waals surface area contributed by atoms with E-state index in [1.807, 2.05) is 22.4 Å². The second-order valence-electron chi connectivity index (χ2n) is 7.21. The Bertz CT molecular complexity index is 998. The molecule has 1 aliphatic carbocycles. The first kappa shape index (κ1) is 21.7. The molecule has 0 unspecified atom stereocenters. The Kier molecular flexibility index (Phi) is 6.82. The number of benzene rings is 1. The number of amidine groups is 1. The maximum atomic E-state index is 13.5. The molecule has 164 valence electrons. The lowest BCUT2D eigenvalue weighted by Gasteiger charge is -2.30. The van der Waals surface area contributed by atoms with Gasteiger partial charge in [0.25, 0.3) is 5.91 Å². The highest BCUT2D eigenvalue weighted by Gasteiger charge is 2.39. The average molecular weight is 460 g/mol. The molecular weight excluding hydrogens is 434 g/mol. The van der Waals surface area contributed by atoms with Gasteiger partial charge in [-0.25, -0.2) is 4.98 Å². The van der Waals surface area contributed by atoms with E-state index in [-0.39, 0.29) is 11.9 Å². The highest BCUT2D eigenvalue weighted by Crippen LogP contribution is 2.43. The fourth-order valence-corrected chi connectivity index (χ4v) is 5.55. The molecule has 0 N–H and O–H groups in total. The zero-order chi connectivity index (χ0) is 21.8. The van der Waals surface area contributed by atoms with E-state index in [2.05, 4.69) is 4.98 Å². The van der Waals surface area contributed by atoms with Crippen molar-refractivity contribution in [3.05, 3.63) is 34.2 Å². The third kappa shape index (κ3) is 4.43. The van der Waals surface area contributed by atoms with Gasteiger partial charge in [0.05, 0.1) is 26.2 Å². The maximum Gasteiger partial charge on any atom is 0.267 e. The molecule has 4 rings (SSSR count). The van der Waals surface area contributed by atoms with Crippen LogP contribution in [0.1, 0.15) is 37.7 Å². The van der Waals surface area contributed by atoms with Gasteiger partial charge in [0.15, 0.2) is 16.7 Å². The van der Waals surface area contributed by atoms with E-state index < -0.39 is 0 Å². The van der Waals surface area contributed by atoms with Gasteiger partial charge in [-0.3, -0.25) is 9.69 Å². The number of methoxy groups -OCH3 is 3. The number of hydrogen-bond donors (Lipinski definition) is 0. The minimum absolute atomic E-state index is 0.0240. The minimum Gasteiger partial charge on any atom is -0.493 e. The van der Waals surface area contributed by atoms with Crippen LogP contribution in [-0.2, 0) is 4.79 Å². The van der Waals surface area contributed by atoms with Crippen LogP contribution in [-0.4, -0.2) is 48.3 Å². The number of aromatic nitrogens is 1. The summed E-state index contributed by atoms with van der Waals surface area (Å²) in [5, 5.41) is 3.23. The van der Waals surface area contributed by atoms with Gasteiger partial charge >= 0.3 is 0 Å². The van der Waals surface area contributed by atoms with E-state index in [0.717, 1.165) is 31.2 Å². The molecule has 1 aromatic carbocycles. The first-order valence-electron chi connectivity index (χ1n) is 10.2. The molecule has 0 bridgehead atoms. The van der Waals surface area contributed by atoms with Crippen LogP contribution in [0, 0.1) is 0 Å². The predicted octanol–water partition coefficient (Wildman–Crippen LogP) is 5.11. The van der Waals surface area contributed by atoms with Gasteiger partial charge in [0, 0.05) is 23.2 Å². The van der Waals surface area contributed by atoms with Gasteiger partial charge in [0.1, 0.15) is 0 Å². The van der Waals surface area contributed by atoms with Crippen molar-refractivity contribution in [3.63, 3.8) is 0 Å². The van der Waals surface area contributed by atoms with E-state index in [4.69, 9.17) is 19.2 Å². The molecule has 1 aliphatic heterocycles. The first-order valence-corrected chi connectivity index (χ1v) is 11.9. The Morgan fingerprint density at radius 3 is 2.52 bits per heavy atom. The van der Waals surface area contributed by atoms with Gasteiger partial charge in [-0.15, -0.1) is 11.3 Å². The minimum atomic E-state index is -0.0240. The van der Waals surface area contributed by atoms with Crippen molar-refractivity contribution in [3.8, 4) is 17.2 Å². The normalized spacial score (nSPS) is 20.0. The highest BCUT2D eigenvalue weighted by molar-refractivity contribution is 8.18. The van der Waals surface area contributed by atoms with Crippen molar-refractivity contribution in [1.29, 1.82) is 0 Å². The van der Waals surface area contributed by atoms with Gasteiger partial charge in [-0.05, 0) is 42.8 Å². The fourth-order valence-electron chi connectivity index (χ4n) is 3.96. The van der Waals surface area contributed by atoms with Gasteiger partial charge in [0.2, 0.25) is 10.9 Å². The molecular formula is C22H25N3O4S2. The number of thioether (sulfide) groups is 1. The second kappa shape index (κ2) is 9.74. The van der Waals surface area contributed by atoms with Crippen molar-refractivity contribution in [1.82, 2.24) is 9.88 Å². The quantitative estimate of drug-likeness (QED) is 0.559. The SMILES string of the molecule is COc1ccc(/C=C2\S/C(=N/c3nccs3)N(C3CCCCC3)C2=O)c(OC)c1OC. The van der Waals surface area contributed by atoms with Gasteiger partial charge < -0.3 is 14.2 Å². The lowest BCUT2D eigenvalue weighted by molar-refractivity contribution is -0.124. The second-order valence-corrected chi connectivity index (χ2v) is 9.09. The van der Waals surface area contributed by atoms with Crippen LogP contribution in [0.15, 0.2) is 33.6 Å². The molecule has 2 fully saturated rings. The Hall–Kier alpha value is -2.52. The molecule has 1 aromatic heterocycles. The summed E-state index contributed by atoms with van der Waals surface area (Å²) in [4.78, 5) is 24.9. The van der Waals surface area contributed by atoms with Crippen molar-refractivity contribution in [2.45, 2.75) is 38.1 Å². The molecule has 0 atom stereocenters. The summed E-state index contributed by atoms with van der Waals surface area (Å²) in [6.45, 7) is 0. The molecule has 0 radical (unpaired) electrons. The molecule has 0 spiro atoms. The Balaban J connectivity index is 1.74. The molecule has 7 nitrogen and oxygen atoms in total. The number of carbonyl (C=O) groups excluding carboxylic acids is 1. The van der Waals surface area contributed by atoms with Crippen LogP contribution in [0.4, 0.5) is 5.13 Å². The van der Waals surface area contributed by atoms with Crippen molar-refractivity contribution < 1.29 is 19.0 Å². The van der Waals surface area contributed by atoms with Gasteiger partial charge in [-0.1, -0.05) is 19.3 Å². The maximum absolute atomic E-state index is 13.5. The lowest BCUT2D eigenvalue weighted by atomic mass is 9.94. The van der Waals surface area contributed by atoms with E-state index in [1.165, 1.54) is 29.5 Å². The van der Waals surface area contributed by atoms with Crippen molar-refractivity contribution in [2.24, 2.45) is 4.99 Å². The van der Waals surface area contributed by atoms with Crippen LogP contribution in [0.2, 0.25) is 0 Å². The highest BCUT2D eigenvalue weighted by atomic mass is 32.2. The van der Waals surface area contributed by atoms with Crippen LogP contribution < -0.4 is 14.2 Å². The molecule has 31 heavy (non-hydrogen) atoms. The van der Waals surface area contributed by atoms with Gasteiger partial charge in [-0.2, -0.15) is 4.99 Å². The summed E-state index contributed by atoms with van der Waals surface area (Å²) in [5.41, 5.74) is 0.745. The summed E-state index contributed by atoms with van der Waals surface area (Å²) in [6, 6.07) is 3.84. The summed E-state index contributed by atoms with van der Waals surface area (Å²) < 4.78 is 16.4.